The van der Waals surface area contributed by atoms with Gasteiger partial charge in [-0.25, -0.2) is 0 Å². The SMILES string of the molecule is CC(=O)c1c(C)[nH]c(C(=O)[C@@H](C)Sc2nnc(N3CCCCC3)n2Cc2ccco2)c1C. The molecule has 1 aliphatic heterocycles. The maximum atomic E-state index is 13.2. The smallest absolute Gasteiger partial charge is 0.228 e. The van der Waals surface area contributed by atoms with Crippen molar-refractivity contribution < 1.29 is 14.0 Å². The van der Waals surface area contributed by atoms with Crippen molar-refractivity contribution in [2.45, 2.75) is 63.9 Å². The Kier molecular flexibility index (Phi) is 6.55. The Morgan fingerprint density at radius 1 is 1.22 bits per heavy atom. The van der Waals surface area contributed by atoms with E-state index in [0.29, 0.717) is 28.5 Å². The van der Waals surface area contributed by atoms with Crippen LogP contribution in [0.15, 0.2) is 28.0 Å². The number of hydrogen-bond donors (Lipinski definition) is 1. The lowest BCUT2D eigenvalue weighted by Crippen LogP contribution is -2.32. The number of piperidine rings is 1. The van der Waals surface area contributed by atoms with Gasteiger partial charge in [0.1, 0.15) is 5.76 Å². The fraction of sp³-hybridized carbons (Fsp3) is 0.478. The number of rotatable bonds is 8. The summed E-state index contributed by atoms with van der Waals surface area (Å²) < 4.78 is 7.61. The van der Waals surface area contributed by atoms with Crippen molar-refractivity contribution in [1.29, 1.82) is 0 Å². The number of aryl methyl sites for hydroxylation is 1. The molecule has 4 rings (SSSR count). The van der Waals surface area contributed by atoms with Crippen LogP contribution in [0.4, 0.5) is 5.95 Å². The molecule has 1 atom stereocenters. The second kappa shape index (κ2) is 9.36. The van der Waals surface area contributed by atoms with E-state index in [9.17, 15) is 9.59 Å². The van der Waals surface area contributed by atoms with E-state index < -0.39 is 5.25 Å². The summed E-state index contributed by atoms with van der Waals surface area (Å²) in [4.78, 5) is 30.6. The van der Waals surface area contributed by atoms with E-state index in [-0.39, 0.29) is 11.6 Å². The molecule has 0 saturated carbocycles. The van der Waals surface area contributed by atoms with E-state index in [1.807, 2.05) is 37.5 Å². The first-order valence-corrected chi connectivity index (χ1v) is 11.9. The highest BCUT2D eigenvalue weighted by Gasteiger charge is 2.27. The number of aromatic amines is 1. The Labute approximate surface area is 191 Å². The predicted octanol–water partition coefficient (Wildman–Crippen LogP) is 4.42. The highest BCUT2D eigenvalue weighted by Crippen LogP contribution is 2.30. The van der Waals surface area contributed by atoms with Gasteiger partial charge in [-0.15, -0.1) is 10.2 Å². The van der Waals surface area contributed by atoms with Crippen LogP contribution in [0.25, 0.3) is 0 Å². The first-order chi connectivity index (χ1) is 15.4. The lowest BCUT2D eigenvalue weighted by molar-refractivity contribution is 0.0988. The molecule has 1 fully saturated rings. The number of hydrogen-bond acceptors (Lipinski definition) is 7. The summed E-state index contributed by atoms with van der Waals surface area (Å²) in [6.45, 7) is 9.43. The molecule has 0 radical (unpaired) electrons. The van der Waals surface area contributed by atoms with E-state index in [1.54, 1.807) is 6.26 Å². The zero-order valence-corrected chi connectivity index (χ0v) is 19.8. The molecule has 4 heterocycles. The number of carbonyl (C=O) groups is 2. The molecule has 0 aromatic carbocycles. The average Bonchev–Trinajstić information content (AvgIpc) is 3.49. The van der Waals surface area contributed by atoms with Crippen molar-refractivity contribution in [3.63, 3.8) is 0 Å². The first kappa shape index (κ1) is 22.4. The van der Waals surface area contributed by atoms with Gasteiger partial charge in [0.15, 0.2) is 16.7 Å². The third kappa shape index (κ3) is 4.39. The molecule has 0 amide bonds. The van der Waals surface area contributed by atoms with Crippen LogP contribution in [0.3, 0.4) is 0 Å². The number of furan rings is 1. The van der Waals surface area contributed by atoms with E-state index in [4.69, 9.17) is 4.42 Å². The Bertz CT molecular complexity index is 1110. The molecule has 170 valence electrons. The van der Waals surface area contributed by atoms with Crippen molar-refractivity contribution in [2.24, 2.45) is 0 Å². The number of thioether (sulfide) groups is 1. The maximum absolute atomic E-state index is 13.2. The van der Waals surface area contributed by atoms with Gasteiger partial charge in [0.25, 0.3) is 0 Å². The Hall–Kier alpha value is -2.81. The van der Waals surface area contributed by atoms with Crippen LogP contribution in [0.1, 0.15) is 71.0 Å². The van der Waals surface area contributed by atoms with E-state index in [1.165, 1.54) is 25.1 Å². The minimum Gasteiger partial charge on any atom is -0.467 e. The normalized spacial score (nSPS) is 15.2. The van der Waals surface area contributed by atoms with Crippen LogP contribution >= 0.6 is 11.8 Å². The Balaban J connectivity index is 1.60. The van der Waals surface area contributed by atoms with E-state index in [2.05, 4.69) is 20.1 Å². The van der Waals surface area contributed by atoms with Crippen LogP contribution in [-0.2, 0) is 6.54 Å². The third-order valence-corrected chi connectivity index (χ3v) is 7.00. The molecule has 1 N–H and O–H groups in total. The van der Waals surface area contributed by atoms with Crippen LogP contribution in [-0.4, -0.2) is 49.7 Å². The highest BCUT2D eigenvalue weighted by atomic mass is 32.2. The summed E-state index contributed by atoms with van der Waals surface area (Å²) in [5.41, 5.74) is 2.52. The molecule has 0 unspecified atom stereocenters. The van der Waals surface area contributed by atoms with Gasteiger partial charge in [-0.3, -0.25) is 14.2 Å². The van der Waals surface area contributed by atoms with Crippen molar-refractivity contribution in [3.05, 3.63) is 46.7 Å². The molecular formula is C23H29N5O3S. The summed E-state index contributed by atoms with van der Waals surface area (Å²) in [7, 11) is 0. The van der Waals surface area contributed by atoms with Gasteiger partial charge in [-0.1, -0.05) is 11.8 Å². The van der Waals surface area contributed by atoms with Gasteiger partial charge >= 0.3 is 0 Å². The standard InChI is InChI=1S/C23H29N5O3S/c1-14-19(16(3)29)15(2)24-20(14)21(30)17(4)32-23-26-25-22(27-10-6-5-7-11-27)28(23)13-18-9-8-12-31-18/h8-9,12,17,24H,5-7,10-11,13H2,1-4H3/t17-/m1/s1. The summed E-state index contributed by atoms with van der Waals surface area (Å²) >= 11 is 1.38. The molecule has 3 aromatic heterocycles. The number of H-pyrrole nitrogens is 1. The zero-order valence-electron chi connectivity index (χ0n) is 19.0. The minimum atomic E-state index is -0.402. The molecule has 8 nitrogen and oxygen atoms in total. The predicted molar refractivity (Wildman–Crippen MR) is 124 cm³/mol. The minimum absolute atomic E-state index is 0.0417. The van der Waals surface area contributed by atoms with Gasteiger partial charge in [0.05, 0.1) is 23.8 Å². The van der Waals surface area contributed by atoms with E-state index in [0.717, 1.165) is 43.3 Å². The number of nitrogens with zero attached hydrogens (tertiary/aromatic N) is 4. The molecular weight excluding hydrogens is 426 g/mol. The van der Waals surface area contributed by atoms with E-state index >= 15 is 0 Å². The maximum Gasteiger partial charge on any atom is 0.228 e. The van der Waals surface area contributed by atoms with Gasteiger partial charge in [-0.2, -0.15) is 0 Å². The summed E-state index contributed by atoms with van der Waals surface area (Å²) in [5, 5.41) is 9.19. The number of carbonyl (C=O) groups excluding carboxylic acids is 2. The number of ketones is 2. The third-order valence-electron chi connectivity index (χ3n) is 5.92. The van der Waals surface area contributed by atoms with Crippen LogP contribution in [0.5, 0.6) is 0 Å². The Morgan fingerprint density at radius 3 is 2.59 bits per heavy atom. The lowest BCUT2D eigenvalue weighted by atomic mass is 10.0. The van der Waals surface area contributed by atoms with Crippen LogP contribution < -0.4 is 4.90 Å². The highest BCUT2D eigenvalue weighted by molar-refractivity contribution is 8.00. The Morgan fingerprint density at radius 2 is 1.97 bits per heavy atom. The number of aromatic nitrogens is 4. The van der Waals surface area contributed by atoms with Crippen molar-refractivity contribution >= 4 is 29.3 Å². The second-order valence-electron chi connectivity index (χ2n) is 8.30. The zero-order chi connectivity index (χ0) is 22.8. The fourth-order valence-corrected chi connectivity index (χ4v) is 5.23. The molecule has 0 spiro atoms. The first-order valence-electron chi connectivity index (χ1n) is 11.0. The van der Waals surface area contributed by atoms with Gasteiger partial charge < -0.3 is 14.3 Å². The number of anilines is 1. The van der Waals surface area contributed by atoms with Gasteiger partial charge in [0.2, 0.25) is 5.95 Å². The molecule has 1 saturated heterocycles. The van der Waals surface area contributed by atoms with Crippen LogP contribution in [0.2, 0.25) is 0 Å². The molecule has 1 aliphatic rings. The van der Waals surface area contributed by atoms with Crippen molar-refractivity contribution in [3.8, 4) is 0 Å². The summed E-state index contributed by atoms with van der Waals surface area (Å²) in [6.07, 6.45) is 5.15. The number of nitrogens with one attached hydrogen (secondary N) is 1. The second-order valence-corrected chi connectivity index (χ2v) is 9.61. The lowest BCUT2D eigenvalue weighted by Gasteiger charge is -2.27. The fourth-order valence-electron chi connectivity index (χ4n) is 4.33. The molecule has 0 aliphatic carbocycles. The molecule has 3 aromatic rings. The molecule has 0 bridgehead atoms. The molecule has 32 heavy (non-hydrogen) atoms. The average molecular weight is 456 g/mol. The van der Waals surface area contributed by atoms with Crippen molar-refractivity contribution in [1.82, 2.24) is 19.7 Å². The summed E-state index contributed by atoms with van der Waals surface area (Å²) in [6, 6.07) is 3.79. The summed E-state index contributed by atoms with van der Waals surface area (Å²) in [5.74, 6) is 1.52. The number of Topliss-reactive ketones (excluding diaryl/α,β-unsaturated/α-hetero) is 2. The monoisotopic (exact) mass is 455 g/mol. The topological polar surface area (TPSA) is 97.0 Å². The quantitative estimate of drug-likeness (QED) is 0.397. The van der Waals surface area contributed by atoms with Crippen LogP contribution in [0, 0.1) is 13.8 Å². The van der Waals surface area contributed by atoms with Crippen molar-refractivity contribution in [2.75, 3.05) is 18.0 Å². The largest absolute Gasteiger partial charge is 0.467 e. The van der Waals surface area contributed by atoms with Gasteiger partial charge in [-0.05, 0) is 64.7 Å². The van der Waals surface area contributed by atoms with Gasteiger partial charge in [0, 0.05) is 24.3 Å². The molecule has 9 heteroatoms.